The third kappa shape index (κ3) is 3.32. The maximum Gasteiger partial charge on any atom is 0.168 e. The van der Waals surface area contributed by atoms with Crippen molar-refractivity contribution in [2.45, 2.75) is 82.6 Å². The summed E-state index contributed by atoms with van der Waals surface area (Å²) in [6.07, 6.45) is 11.6. The molecule has 0 amide bonds. The van der Waals surface area contributed by atoms with Crippen molar-refractivity contribution < 1.29 is 9.47 Å². The fourth-order valence-corrected chi connectivity index (χ4v) is 4.16. The summed E-state index contributed by atoms with van der Waals surface area (Å²) in [5.74, 6) is 0.763. The summed E-state index contributed by atoms with van der Waals surface area (Å²) in [6, 6.07) is 1.46. The molecule has 0 aromatic heterocycles. The third-order valence-electron chi connectivity index (χ3n) is 5.39. The van der Waals surface area contributed by atoms with Gasteiger partial charge in [0, 0.05) is 24.9 Å². The van der Waals surface area contributed by atoms with Crippen LogP contribution >= 0.6 is 0 Å². The summed E-state index contributed by atoms with van der Waals surface area (Å²) in [5.41, 5.74) is 0. The first-order valence-electron chi connectivity index (χ1n) is 8.33. The Labute approximate surface area is 117 Å². The molecule has 2 aliphatic carbocycles. The van der Waals surface area contributed by atoms with Crippen molar-refractivity contribution in [3.05, 3.63) is 0 Å². The lowest BCUT2D eigenvalue weighted by molar-refractivity contribution is -0.179. The number of hydrogen-bond donors (Lipinski definition) is 1. The van der Waals surface area contributed by atoms with E-state index in [-0.39, 0.29) is 5.79 Å². The molecule has 1 saturated heterocycles. The van der Waals surface area contributed by atoms with Gasteiger partial charge in [-0.3, -0.25) is 0 Å². The van der Waals surface area contributed by atoms with Gasteiger partial charge in [0.2, 0.25) is 0 Å². The lowest BCUT2D eigenvalue weighted by Gasteiger charge is -2.38. The van der Waals surface area contributed by atoms with Crippen LogP contribution in [0.3, 0.4) is 0 Å². The summed E-state index contributed by atoms with van der Waals surface area (Å²) in [4.78, 5) is 0. The van der Waals surface area contributed by atoms with Crippen LogP contribution < -0.4 is 5.32 Å². The number of rotatable bonds is 3. The normalized spacial score (nSPS) is 35.8. The molecule has 3 aliphatic rings. The zero-order valence-electron chi connectivity index (χ0n) is 12.3. The topological polar surface area (TPSA) is 30.5 Å². The second kappa shape index (κ2) is 6.11. The molecule has 19 heavy (non-hydrogen) atoms. The van der Waals surface area contributed by atoms with Crippen molar-refractivity contribution in [1.82, 2.24) is 5.32 Å². The van der Waals surface area contributed by atoms with E-state index in [0.29, 0.717) is 6.04 Å². The maximum absolute atomic E-state index is 5.80. The highest BCUT2D eigenvalue weighted by Crippen LogP contribution is 2.36. The van der Waals surface area contributed by atoms with Gasteiger partial charge in [0.15, 0.2) is 5.79 Å². The Bertz CT molecular complexity index is 278. The molecular weight excluding hydrogens is 238 g/mol. The van der Waals surface area contributed by atoms with Crippen molar-refractivity contribution in [1.29, 1.82) is 0 Å². The fraction of sp³-hybridized carbons (Fsp3) is 1.00. The van der Waals surface area contributed by atoms with Crippen LogP contribution in [0.25, 0.3) is 0 Å². The molecule has 2 unspecified atom stereocenters. The first-order chi connectivity index (χ1) is 9.30. The second-order valence-electron chi connectivity index (χ2n) is 6.69. The lowest BCUT2D eigenvalue weighted by atomic mass is 9.82. The largest absolute Gasteiger partial charge is 0.348 e. The van der Waals surface area contributed by atoms with Gasteiger partial charge in [0.05, 0.1) is 13.2 Å². The average molecular weight is 267 g/mol. The van der Waals surface area contributed by atoms with E-state index in [1.54, 1.807) is 0 Å². The monoisotopic (exact) mass is 267 g/mol. The molecule has 3 heteroatoms. The fourth-order valence-electron chi connectivity index (χ4n) is 4.16. The standard InChI is InChI=1S/C16H29NO2/c1-2-13-4-3-5-15(12-13)17-14-6-8-16(9-7-14)18-10-11-19-16/h13-15,17H,2-12H2,1H3. The van der Waals surface area contributed by atoms with Crippen LogP contribution in [0, 0.1) is 5.92 Å². The Morgan fingerprint density at radius 3 is 2.42 bits per heavy atom. The van der Waals surface area contributed by atoms with Crippen molar-refractivity contribution in [2.75, 3.05) is 13.2 Å². The predicted octanol–water partition coefficient (Wildman–Crippen LogP) is 3.23. The predicted molar refractivity (Wildman–Crippen MR) is 76.1 cm³/mol. The third-order valence-corrected chi connectivity index (χ3v) is 5.39. The van der Waals surface area contributed by atoms with Crippen LogP contribution in [-0.2, 0) is 9.47 Å². The van der Waals surface area contributed by atoms with Crippen LogP contribution in [0.4, 0.5) is 0 Å². The molecule has 110 valence electrons. The van der Waals surface area contributed by atoms with E-state index in [4.69, 9.17) is 9.47 Å². The highest BCUT2D eigenvalue weighted by atomic mass is 16.7. The van der Waals surface area contributed by atoms with Gasteiger partial charge in [-0.1, -0.05) is 26.2 Å². The van der Waals surface area contributed by atoms with Crippen molar-refractivity contribution in [3.63, 3.8) is 0 Å². The van der Waals surface area contributed by atoms with E-state index in [9.17, 15) is 0 Å². The van der Waals surface area contributed by atoms with Gasteiger partial charge in [-0.05, 0) is 31.6 Å². The Kier molecular flexibility index (Phi) is 4.45. The molecule has 1 heterocycles. The van der Waals surface area contributed by atoms with Gasteiger partial charge in [-0.2, -0.15) is 0 Å². The highest BCUT2D eigenvalue weighted by Gasteiger charge is 2.40. The Balaban J connectivity index is 1.44. The molecule has 3 fully saturated rings. The Hall–Kier alpha value is -0.120. The van der Waals surface area contributed by atoms with Crippen molar-refractivity contribution >= 4 is 0 Å². The van der Waals surface area contributed by atoms with Gasteiger partial charge in [-0.25, -0.2) is 0 Å². The SMILES string of the molecule is CCC1CCCC(NC2CCC3(CC2)OCCO3)C1. The van der Waals surface area contributed by atoms with Crippen LogP contribution in [0.2, 0.25) is 0 Å². The van der Waals surface area contributed by atoms with E-state index in [1.165, 1.54) is 44.9 Å². The summed E-state index contributed by atoms with van der Waals surface area (Å²) < 4.78 is 11.6. The quantitative estimate of drug-likeness (QED) is 0.851. The van der Waals surface area contributed by atoms with Crippen LogP contribution in [0.15, 0.2) is 0 Å². The molecule has 3 rings (SSSR count). The van der Waals surface area contributed by atoms with Crippen LogP contribution in [0.1, 0.15) is 64.7 Å². The molecule has 3 nitrogen and oxygen atoms in total. The van der Waals surface area contributed by atoms with Gasteiger partial charge >= 0.3 is 0 Å². The molecule has 0 aromatic rings. The van der Waals surface area contributed by atoms with Crippen LogP contribution in [0.5, 0.6) is 0 Å². The molecule has 2 saturated carbocycles. The Morgan fingerprint density at radius 1 is 1.00 bits per heavy atom. The van der Waals surface area contributed by atoms with Gasteiger partial charge < -0.3 is 14.8 Å². The maximum atomic E-state index is 5.80. The molecule has 0 aromatic carbocycles. The first kappa shape index (κ1) is 13.8. The van der Waals surface area contributed by atoms with E-state index in [2.05, 4.69) is 12.2 Å². The minimum Gasteiger partial charge on any atom is -0.348 e. The van der Waals surface area contributed by atoms with Gasteiger partial charge in [0.25, 0.3) is 0 Å². The summed E-state index contributed by atoms with van der Waals surface area (Å²) in [5, 5.41) is 3.92. The van der Waals surface area contributed by atoms with E-state index >= 15 is 0 Å². The smallest absolute Gasteiger partial charge is 0.168 e. The number of hydrogen-bond acceptors (Lipinski definition) is 3. The van der Waals surface area contributed by atoms with E-state index in [1.807, 2.05) is 0 Å². The molecule has 1 aliphatic heterocycles. The molecule has 0 bridgehead atoms. The zero-order chi connectivity index (χ0) is 13.1. The number of nitrogens with one attached hydrogen (secondary N) is 1. The second-order valence-corrected chi connectivity index (χ2v) is 6.69. The lowest BCUT2D eigenvalue weighted by Crippen LogP contribution is -2.46. The van der Waals surface area contributed by atoms with Crippen molar-refractivity contribution in [2.24, 2.45) is 5.92 Å². The summed E-state index contributed by atoms with van der Waals surface area (Å²) in [7, 11) is 0. The summed E-state index contributed by atoms with van der Waals surface area (Å²) in [6.45, 7) is 3.92. The minimum absolute atomic E-state index is 0.198. The zero-order valence-corrected chi connectivity index (χ0v) is 12.3. The average Bonchev–Trinajstić information content (AvgIpc) is 2.90. The van der Waals surface area contributed by atoms with E-state index in [0.717, 1.165) is 38.0 Å². The highest BCUT2D eigenvalue weighted by molar-refractivity contribution is 4.88. The first-order valence-corrected chi connectivity index (χ1v) is 8.33. The molecule has 1 spiro atoms. The minimum atomic E-state index is -0.198. The summed E-state index contributed by atoms with van der Waals surface area (Å²) >= 11 is 0. The van der Waals surface area contributed by atoms with Gasteiger partial charge in [-0.15, -0.1) is 0 Å². The number of ether oxygens (including phenoxy) is 2. The molecule has 1 N–H and O–H groups in total. The molecule has 0 radical (unpaired) electrons. The van der Waals surface area contributed by atoms with Crippen molar-refractivity contribution in [3.8, 4) is 0 Å². The molecule has 2 atom stereocenters. The van der Waals surface area contributed by atoms with E-state index < -0.39 is 0 Å². The molecular formula is C16H29NO2. The Morgan fingerprint density at radius 2 is 1.74 bits per heavy atom. The van der Waals surface area contributed by atoms with Crippen LogP contribution in [-0.4, -0.2) is 31.1 Å². The van der Waals surface area contributed by atoms with Gasteiger partial charge in [0.1, 0.15) is 0 Å².